The van der Waals surface area contributed by atoms with Crippen molar-refractivity contribution in [1.82, 2.24) is 9.97 Å². The summed E-state index contributed by atoms with van der Waals surface area (Å²) in [6.07, 6.45) is 2.16. The highest BCUT2D eigenvalue weighted by Crippen LogP contribution is 2.21. The standard InChI is InChI=1S/C18H15F3N4/c19-13-6-4-12(5-7-13)8-10-22-16-9-11-23-18(24-16)25-17-14(20)2-1-3-15(17)21/h1-7,9,11H,8,10H2,(H2,22,23,24,25). The van der Waals surface area contributed by atoms with Gasteiger partial charge >= 0.3 is 0 Å². The number of hydrogen-bond acceptors (Lipinski definition) is 4. The number of hydrogen-bond donors (Lipinski definition) is 2. The summed E-state index contributed by atoms with van der Waals surface area (Å²) < 4.78 is 40.2. The Morgan fingerprint density at radius 2 is 1.60 bits per heavy atom. The van der Waals surface area contributed by atoms with Crippen LogP contribution in [0.5, 0.6) is 0 Å². The molecule has 128 valence electrons. The summed E-state index contributed by atoms with van der Waals surface area (Å²) in [6.45, 7) is 0.566. The molecule has 0 unspecified atom stereocenters. The van der Waals surface area contributed by atoms with Gasteiger partial charge in [0.05, 0.1) is 0 Å². The molecule has 7 heteroatoms. The van der Waals surface area contributed by atoms with Crippen molar-refractivity contribution < 1.29 is 13.2 Å². The molecule has 0 bridgehead atoms. The number of nitrogens with zero attached hydrogens (tertiary/aromatic N) is 2. The Bertz CT molecular complexity index is 833. The van der Waals surface area contributed by atoms with Gasteiger partial charge in [0.25, 0.3) is 0 Å². The second-order valence-corrected chi connectivity index (χ2v) is 5.29. The van der Waals surface area contributed by atoms with E-state index >= 15 is 0 Å². The molecule has 0 aliphatic carbocycles. The van der Waals surface area contributed by atoms with Gasteiger partial charge in [0.1, 0.15) is 29.0 Å². The van der Waals surface area contributed by atoms with Crippen LogP contribution in [0.1, 0.15) is 5.56 Å². The highest BCUT2D eigenvalue weighted by Gasteiger charge is 2.10. The number of rotatable bonds is 6. The Balaban J connectivity index is 1.62. The SMILES string of the molecule is Fc1ccc(CCNc2ccnc(Nc3c(F)cccc3F)n2)cc1. The minimum absolute atomic E-state index is 0.0794. The van der Waals surface area contributed by atoms with Crippen LogP contribution >= 0.6 is 0 Å². The number of benzene rings is 2. The van der Waals surface area contributed by atoms with Crippen LogP contribution in [0.15, 0.2) is 54.7 Å². The fourth-order valence-corrected chi connectivity index (χ4v) is 2.23. The minimum atomic E-state index is -0.724. The zero-order valence-corrected chi connectivity index (χ0v) is 13.1. The molecule has 0 radical (unpaired) electrons. The van der Waals surface area contributed by atoms with Crippen molar-refractivity contribution in [2.75, 3.05) is 17.2 Å². The molecule has 0 saturated carbocycles. The summed E-state index contributed by atoms with van der Waals surface area (Å²) in [5.41, 5.74) is 0.681. The van der Waals surface area contributed by atoms with E-state index in [9.17, 15) is 13.2 Å². The predicted octanol–water partition coefficient (Wildman–Crippen LogP) is 4.29. The summed E-state index contributed by atoms with van der Waals surface area (Å²) in [7, 11) is 0. The van der Waals surface area contributed by atoms with Crippen molar-refractivity contribution in [3.05, 3.63) is 77.7 Å². The average molecular weight is 344 g/mol. The first kappa shape index (κ1) is 16.8. The van der Waals surface area contributed by atoms with Crippen LogP contribution in [-0.2, 0) is 6.42 Å². The normalized spacial score (nSPS) is 10.5. The summed E-state index contributed by atoms with van der Waals surface area (Å²) in [6, 6.07) is 11.5. The zero-order chi connectivity index (χ0) is 17.6. The number of halogens is 3. The molecule has 3 rings (SSSR count). The van der Waals surface area contributed by atoms with Gasteiger partial charge in [-0.2, -0.15) is 4.98 Å². The maximum absolute atomic E-state index is 13.7. The van der Waals surface area contributed by atoms with Crippen LogP contribution < -0.4 is 10.6 Å². The smallest absolute Gasteiger partial charge is 0.229 e. The van der Waals surface area contributed by atoms with E-state index in [0.29, 0.717) is 18.8 Å². The van der Waals surface area contributed by atoms with Gasteiger partial charge in [-0.1, -0.05) is 18.2 Å². The molecule has 0 saturated heterocycles. The van der Waals surface area contributed by atoms with Crippen LogP contribution in [0.2, 0.25) is 0 Å². The molecule has 2 N–H and O–H groups in total. The molecule has 0 aliphatic heterocycles. The molecular weight excluding hydrogens is 329 g/mol. The van der Waals surface area contributed by atoms with E-state index in [4.69, 9.17) is 0 Å². The van der Waals surface area contributed by atoms with Gasteiger partial charge in [0.15, 0.2) is 0 Å². The van der Waals surface area contributed by atoms with Crippen LogP contribution in [0.3, 0.4) is 0 Å². The fourth-order valence-electron chi connectivity index (χ4n) is 2.23. The van der Waals surface area contributed by atoms with E-state index in [1.807, 2.05) is 0 Å². The summed E-state index contributed by atoms with van der Waals surface area (Å²) >= 11 is 0. The molecule has 0 spiro atoms. The van der Waals surface area contributed by atoms with Gasteiger partial charge in [-0.3, -0.25) is 0 Å². The van der Waals surface area contributed by atoms with Gasteiger partial charge in [-0.25, -0.2) is 18.2 Å². The maximum atomic E-state index is 13.7. The van der Waals surface area contributed by atoms with Gasteiger partial charge in [-0.15, -0.1) is 0 Å². The minimum Gasteiger partial charge on any atom is -0.370 e. The van der Waals surface area contributed by atoms with Crippen molar-refractivity contribution in [2.45, 2.75) is 6.42 Å². The van der Waals surface area contributed by atoms with Crippen LogP contribution in [-0.4, -0.2) is 16.5 Å². The molecule has 0 fully saturated rings. The lowest BCUT2D eigenvalue weighted by Crippen LogP contribution is -2.08. The molecule has 2 aromatic carbocycles. The average Bonchev–Trinajstić information content (AvgIpc) is 2.60. The van der Waals surface area contributed by atoms with E-state index in [0.717, 1.165) is 17.7 Å². The Labute approximate surface area is 142 Å². The Kier molecular flexibility index (Phi) is 5.13. The van der Waals surface area contributed by atoms with Crippen LogP contribution in [0.4, 0.5) is 30.6 Å². The molecule has 1 aromatic heterocycles. The molecule has 1 heterocycles. The van der Waals surface area contributed by atoms with Gasteiger partial charge in [0.2, 0.25) is 5.95 Å². The fraction of sp³-hybridized carbons (Fsp3) is 0.111. The lowest BCUT2D eigenvalue weighted by atomic mass is 10.1. The van der Waals surface area contributed by atoms with Crippen molar-refractivity contribution in [3.63, 3.8) is 0 Å². The molecule has 3 aromatic rings. The van der Waals surface area contributed by atoms with Gasteiger partial charge in [-0.05, 0) is 42.3 Å². The number of anilines is 3. The molecule has 0 amide bonds. The van der Waals surface area contributed by atoms with Crippen molar-refractivity contribution in [3.8, 4) is 0 Å². The van der Waals surface area contributed by atoms with E-state index < -0.39 is 11.6 Å². The third kappa shape index (κ3) is 4.47. The van der Waals surface area contributed by atoms with E-state index in [2.05, 4.69) is 20.6 Å². The topological polar surface area (TPSA) is 49.8 Å². The van der Waals surface area contributed by atoms with Crippen LogP contribution in [0.25, 0.3) is 0 Å². The Morgan fingerprint density at radius 3 is 2.32 bits per heavy atom. The first-order chi connectivity index (χ1) is 12.1. The van der Waals surface area contributed by atoms with Crippen molar-refractivity contribution in [1.29, 1.82) is 0 Å². The third-order valence-corrected chi connectivity index (χ3v) is 3.49. The number of aromatic nitrogens is 2. The molecule has 0 aliphatic rings. The van der Waals surface area contributed by atoms with E-state index in [-0.39, 0.29) is 17.5 Å². The summed E-state index contributed by atoms with van der Waals surface area (Å²) in [5.74, 6) is -1.13. The first-order valence-electron chi connectivity index (χ1n) is 7.64. The monoisotopic (exact) mass is 344 g/mol. The third-order valence-electron chi connectivity index (χ3n) is 3.49. The van der Waals surface area contributed by atoms with Gasteiger partial charge in [0, 0.05) is 12.7 Å². The highest BCUT2D eigenvalue weighted by molar-refractivity contribution is 5.56. The lowest BCUT2D eigenvalue weighted by molar-refractivity contribution is 0.590. The van der Waals surface area contributed by atoms with Gasteiger partial charge < -0.3 is 10.6 Å². The Hall–Kier alpha value is -3.09. The van der Waals surface area contributed by atoms with Crippen molar-refractivity contribution in [2.24, 2.45) is 0 Å². The quantitative estimate of drug-likeness (QED) is 0.700. The zero-order valence-electron chi connectivity index (χ0n) is 13.1. The van der Waals surface area contributed by atoms with Crippen LogP contribution in [0, 0.1) is 17.5 Å². The second-order valence-electron chi connectivity index (χ2n) is 5.29. The molecule has 25 heavy (non-hydrogen) atoms. The second kappa shape index (κ2) is 7.65. The van der Waals surface area contributed by atoms with E-state index in [1.54, 1.807) is 18.2 Å². The summed E-state index contributed by atoms with van der Waals surface area (Å²) in [4.78, 5) is 8.12. The predicted molar refractivity (Wildman–Crippen MR) is 90.3 cm³/mol. The largest absolute Gasteiger partial charge is 0.370 e. The van der Waals surface area contributed by atoms with E-state index in [1.165, 1.54) is 24.4 Å². The molecular formula is C18H15F3N4. The Morgan fingerprint density at radius 1 is 0.880 bits per heavy atom. The van der Waals surface area contributed by atoms with Crippen molar-refractivity contribution >= 4 is 17.5 Å². The molecule has 4 nitrogen and oxygen atoms in total. The number of nitrogens with one attached hydrogen (secondary N) is 2. The summed E-state index contributed by atoms with van der Waals surface area (Å²) in [5, 5.41) is 5.63. The highest BCUT2D eigenvalue weighted by atomic mass is 19.1. The molecule has 0 atom stereocenters. The lowest BCUT2D eigenvalue weighted by Gasteiger charge is -2.09. The number of para-hydroxylation sites is 1. The maximum Gasteiger partial charge on any atom is 0.229 e. The first-order valence-corrected chi connectivity index (χ1v) is 7.64.